The van der Waals surface area contributed by atoms with Crippen molar-refractivity contribution in [1.29, 1.82) is 0 Å². The Balaban J connectivity index is 2.14. The average molecular weight is 278 g/mol. The van der Waals surface area contributed by atoms with E-state index < -0.39 is 17.6 Å². The van der Waals surface area contributed by atoms with E-state index >= 15 is 0 Å². The molecule has 2 N–H and O–H groups in total. The second-order valence-electron chi connectivity index (χ2n) is 7.10. The number of halogens is 3. The zero-order valence-corrected chi connectivity index (χ0v) is 11.9. The van der Waals surface area contributed by atoms with Gasteiger partial charge in [0.2, 0.25) is 0 Å². The zero-order valence-electron chi connectivity index (χ0n) is 11.9. The second kappa shape index (κ2) is 4.92. The van der Waals surface area contributed by atoms with E-state index in [1.54, 1.807) is 0 Å². The summed E-state index contributed by atoms with van der Waals surface area (Å²) >= 11 is 0. The van der Waals surface area contributed by atoms with Gasteiger partial charge in [-0.3, -0.25) is 4.90 Å². The van der Waals surface area contributed by atoms with Gasteiger partial charge < -0.3 is 5.73 Å². The van der Waals surface area contributed by atoms with Gasteiger partial charge in [0, 0.05) is 18.6 Å². The molecule has 2 nitrogen and oxygen atoms in total. The van der Waals surface area contributed by atoms with Gasteiger partial charge in [0.05, 0.1) is 5.92 Å². The monoisotopic (exact) mass is 278 g/mol. The number of alkyl halides is 3. The molecule has 112 valence electrons. The molecule has 1 aliphatic heterocycles. The van der Waals surface area contributed by atoms with E-state index in [2.05, 4.69) is 18.7 Å². The van der Waals surface area contributed by atoms with Crippen LogP contribution in [0.1, 0.15) is 46.0 Å². The highest BCUT2D eigenvalue weighted by Crippen LogP contribution is 2.46. The Morgan fingerprint density at radius 2 is 1.95 bits per heavy atom. The van der Waals surface area contributed by atoms with Crippen molar-refractivity contribution in [2.45, 2.75) is 57.7 Å². The summed E-state index contributed by atoms with van der Waals surface area (Å²) < 4.78 is 39.0. The van der Waals surface area contributed by atoms with Crippen molar-refractivity contribution < 1.29 is 13.2 Å². The van der Waals surface area contributed by atoms with Crippen LogP contribution in [0.3, 0.4) is 0 Å². The SMILES string of the molecule is CC1(C)CCN(C2(CN)CCCC(C(F)(F)F)C2)C1. The van der Waals surface area contributed by atoms with Crippen molar-refractivity contribution >= 4 is 0 Å². The summed E-state index contributed by atoms with van der Waals surface area (Å²) in [5.74, 6) is -1.17. The molecule has 2 unspecified atom stereocenters. The molecule has 0 amide bonds. The molecule has 1 saturated carbocycles. The molecular formula is C14H25F3N2. The third-order valence-electron chi connectivity index (χ3n) is 5.01. The van der Waals surface area contributed by atoms with Crippen LogP contribution in [0.5, 0.6) is 0 Å². The molecule has 2 rings (SSSR count). The maximum atomic E-state index is 13.0. The standard InChI is InChI=1S/C14H25F3N2/c1-12(2)6-7-19(10-12)13(9-18)5-3-4-11(8-13)14(15,16)17/h11H,3-10,18H2,1-2H3. The normalized spacial score (nSPS) is 36.6. The molecule has 2 atom stereocenters. The molecule has 1 saturated heterocycles. The predicted molar refractivity (Wildman–Crippen MR) is 69.8 cm³/mol. The Hall–Kier alpha value is -0.290. The van der Waals surface area contributed by atoms with Crippen LogP contribution in [0.4, 0.5) is 13.2 Å². The highest BCUT2D eigenvalue weighted by atomic mass is 19.4. The Labute approximate surface area is 113 Å². The first kappa shape index (κ1) is 15.1. The topological polar surface area (TPSA) is 29.3 Å². The van der Waals surface area contributed by atoms with Crippen LogP contribution in [0.15, 0.2) is 0 Å². The van der Waals surface area contributed by atoms with E-state index in [0.717, 1.165) is 25.9 Å². The van der Waals surface area contributed by atoms with Gasteiger partial charge in [-0.15, -0.1) is 0 Å². The van der Waals surface area contributed by atoms with Crippen molar-refractivity contribution in [3.63, 3.8) is 0 Å². The summed E-state index contributed by atoms with van der Waals surface area (Å²) in [5.41, 5.74) is 5.68. The van der Waals surface area contributed by atoms with Crippen molar-refractivity contribution in [2.75, 3.05) is 19.6 Å². The lowest BCUT2D eigenvalue weighted by Gasteiger charge is -2.47. The van der Waals surface area contributed by atoms with E-state index in [4.69, 9.17) is 5.73 Å². The molecule has 0 bridgehead atoms. The summed E-state index contributed by atoms with van der Waals surface area (Å²) in [4.78, 5) is 2.24. The van der Waals surface area contributed by atoms with Crippen LogP contribution >= 0.6 is 0 Å². The van der Waals surface area contributed by atoms with E-state index in [1.807, 2.05) is 0 Å². The van der Waals surface area contributed by atoms with Crippen LogP contribution in [0.25, 0.3) is 0 Å². The molecule has 1 heterocycles. The number of hydrogen-bond donors (Lipinski definition) is 1. The predicted octanol–water partition coefficient (Wildman–Crippen LogP) is 3.17. The minimum absolute atomic E-state index is 0.184. The molecule has 0 radical (unpaired) electrons. The van der Waals surface area contributed by atoms with Crippen molar-refractivity contribution in [2.24, 2.45) is 17.1 Å². The van der Waals surface area contributed by atoms with Crippen molar-refractivity contribution in [3.8, 4) is 0 Å². The number of nitrogens with two attached hydrogens (primary N) is 1. The molecule has 2 aliphatic rings. The molecule has 0 aromatic rings. The molecule has 19 heavy (non-hydrogen) atoms. The highest BCUT2D eigenvalue weighted by Gasteiger charge is 2.51. The molecule has 0 aromatic carbocycles. The van der Waals surface area contributed by atoms with Gasteiger partial charge in [-0.25, -0.2) is 0 Å². The molecule has 0 spiro atoms. The van der Waals surface area contributed by atoms with Crippen molar-refractivity contribution in [1.82, 2.24) is 4.90 Å². The zero-order chi connectivity index (χ0) is 14.3. The number of rotatable bonds is 2. The smallest absolute Gasteiger partial charge is 0.329 e. The van der Waals surface area contributed by atoms with Crippen LogP contribution < -0.4 is 5.73 Å². The first-order chi connectivity index (χ1) is 8.69. The van der Waals surface area contributed by atoms with Gasteiger partial charge >= 0.3 is 6.18 Å². The number of nitrogens with zero attached hydrogens (tertiary/aromatic N) is 1. The Morgan fingerprint density at radius 3 is 2.42 bits per heavy atom. The largest absolute Gasteiger partial charge is 0.391 e. The lowest BCUT2D eigenvalue weighted by atomic mass is 9.74. The maximum absolute atomic E-state index is 13.0. The van der Waals surface area contributed by atoms with Crippen LogP contribution in [-0.2, 0) is 0 Å². The number of hydrogen-bond acceptors (Lipinski definition) is 2. The van der Waals surface area contributed by atoms with E-state index in [0.29, 0.717) is 13.0 Å². The van der Waals surface area contributed by atoms with Crippen LogP contribution in [-0.4, -0.2) is 36.2 Å². The van der Waals surface area contributed by atoms with Gasteiger partial charge in [-0.05, 0) is 37.6 Å². The van der Waals surface area contributed by atoms with Gasteiger partial charge in [-0.1, -0.05) is 20.3 Å². The summed E-state index contributed by atoms with van der Waals surface area (Å²) in [6, 6.07) is 0. The molecular weight excluding hydrogens is 253 g/mol. The second-order valence-corrected chi connectivity index (χ2v) is 7.10. The van der Waals surface area contributed by atoms with E-state index in [1.165, 1.54) is 0 Å². The average Bonchev–Trinajstić information content (AvgIpc) is 2.69. The van der Waals surface area contributed by atoms with Gasteiger partial charge in [0.1, 0.15) is 0 Å². The quantitative estimate of drug-likeness (QED) is 0.840. The molecule has 2 fully saturated rings. The van der Waals surface area contributed by atoms with Gasteiger partial charge in [0.15, 0.2) is 0 Å². The lowest BCUT2D eigenvalue weighted by molar-refractivity contribution is -0.193. The van der Waals surface area contributed by atoms with Crippen LogP contribution in [0.2, 0.25) is 0 Å². The summed E-state index contributed by atoms with van der Waals surface area (Å²) in [6.45, 7) is 6.46. The fourth-order valence-corrected chi connectivity index (χ4v) is 3.74. The molecule has 1 aliphatic carbocycles. The summed E-state index contributed by atoms with van der Waals surface area (Å²) in [6.07, 6.45) is -1.13. The minimum Gasteiger partial charge on any atom is -0.329 e. The van der Waals surface area contributed by atoms with Crippen LogP contribution in [0, 0.1) is 11.3 Å². The lowest BCUT2D eigenvalue weighted by Crippen LogP contribution is -2.57. The van der Waals surface area contributed by atoms with E-state index in [9.17, 15) is 13.2 Å². The fraction of sp³-hybridized carbons (Fsp3) is 1.00. The van der Waals surface area contributed by atoms with E-state index in [-0.39, 0.29) is 18.3 Å². The maximum Gasteiger partial charge on any atom is 0.391 e. The minimum atomic E-state index is -4.07. The highest BCUT2D eigenvalue weighted by molar-refractivity contribution is 5.01. The Morgan fingerprint density at radius 1 is 1.26 bits per heavy atom. The number of likely N-dealkylation sites (tertiary alicyclic amines) is 1. The summed E-state index contributed by atoms with van der Waals surface area (Å²) in [7, 11) is 0. The third-order valence-corrected chi connectivity index (χ3v) is 5.01. The fourth-order valence-electron chi connectivity index (χ4n) is 3.74. The van der Waals surface area contributed by atoms with Gasteiger partial charge in [-0.2, -0.15) is 13.2 Å². The Bertz CT molecular complexity index is 327. The molecule has 5 heteroatoms. The van der Waals surface area contributed by atoms with Gasteiger partial charge in [0.25, 0.3) is 0 Å². The first-order valence-corrected chi connectivity index (χ1v) is 7.20. The summed E-state index contributed by atoms with van der Waals surface area (Å²) in [5, 5.41) is 0. The molecule has 0 aromatic heterocycles. The van der Waals surface area contributed by atoms with Crippen molar-refractivity contribution in [3.05, 3.63) is 0 Å². The Kier molecular flexibility index (Phi) is 3.91. The first-order valence-electron chi connectivity index (χ1n) is 7.20. The third kappa shape index (κ3) is 3.07.